The van der Waals surface area contributed by atoms with Gasteiger partial charge >= 0.3 is 5.97 Å². The molecule has 9 heteroatoms. The van der Waals surface area contributed by atoms with E-state index < -0.39 is 30.3 Å². The molecule has 2 aliphatic rings. The number of anilines is 1. The molecular weight excluding hydrogens is 452 g/mol. The third kappa shape index (κ3) is 4.31. The molecular formula is C26H20N2O7. The normalized spacial score (nSPS) is 13.6. The first-order chi connectivity index (χ1) is 16.9. The molecule has 3 aromatic rings. The molecule has 9 nitrogen and oxygen atoms in total. The number of esters is 1. The Kier molecular flexibility index (Phi) is 5.66. The molecule has 1 N–H and O–H groups in total. The van der Waals surface area contributed by atoms with Crippen LogP contribution in [0.2, 0.25) is 0 Å². The summed E-state index contributed by atoms with van der Waals surface area (Å²) in [6.45, 7) is 1.52. The van der Waals surface area contributed by atoms with Gasteiger partial charge in [-0.05, 0) is 54.4 Å². The van der Waals surface area contributed by atoms with E-state index in [-0.39, 0.29) is 30.0 Å². The third-order valence-electron chi connectivity index (χ3n) is 5.74. The Labute approximate surface area is 200 Å². The highest BCUT2D eigenvalue weighted by molar-refractivity contribution is 6.21. The summed E-state index contributed by atoms with van der Waals surface area (Å²) in [6, 6.07) is 16.5. The first-order valence-electron chi connectivity index (χ1n) is 10.8. The Morgan fingerprint density at radius 1 is 0.943 bits per heavy atom. The number of hydrogen-bond acceptors (Lipinski definition) is 7. The summed E-state index contributed by atoms with van der Waals surface area (Å²) in [7, 11) is 0. The summed E-state index contributed by atoms with van der Waals surface area (Å²) in [4.78, 5) is 51.5. The lowest BCUT2D eigenvalue weighted by atomic mass is 10.1. The van der Waals surface area contributed by atoms with E-state index in [0.29, 0.717) is 22.7 Å². The van der Waals surface area contributed by atoms with Crippen molar-refractivity contribution in [2.45, 2.75) is 13.5 Å². The lowest BCUT2D eigenvalue weighted by Crippen LogP contribution is -2.29. The summed E-state index contributed by atoms with van der Waals surface area (Å²) in [5.74, 6) is -1.09. The molecule has 3 amide bonds. The fourth-order valence-electron chi connectivity index (χ4n) is 3.90. The lowest BCUT2D eigenvalue weighted by molar-refractivity contribution is -0.119. The van der Waals surface area contributed by atoms with Gasteiger partial charge in [0.05, 0.1) is 23.2 Å². The van der Waals surface area contributed by atoms with E-state index >= 15 is 0 Å². The molecule has 2 heterocycles. The third-order valence-corrected chi connectivity index (χ3v) is 5.74. The molecule has 0 radical (unpaired) electrons. The van der Waals surface area contributed by atoms with Crippen LogP contribution in [0.5, 0.6) is 11.5 Å². The van der Waals surface area contributed by atoms with Crippen LogP contribution >= 0.6 is 0 Å². The van der Waals surface area contributed by atoms with Crippen molar-refractivity contribution in [2.24, 2.45) is 0 Å². The average Bonchev–Trinajstić information content (AvgIpc) is 3.42. The van der Waals surface area contributed by atoms with Gasteiger partial charge in [-0.25, -0.2) is 4.79 Å². The standard InChI is InChI=1S/C26H20N2O7/c1-15-4-2-3-5-20(15)27-23(29)13-33-26(32)17-7-8-18-19(11-17)25(31)28(24(18)30)12-16-6-9-21-22(10-16)35-14-34-21/h2-11H,12-14H2,1H3,(H,27,29). The van der Waals surface area contributed by atoms with Gasteiger partial charge in [0, 0.05) is 5.69 Å². The Morgan fingerprint density at radius 2 is 1.71 bits per heavy atom. The van der Waals surface area contributed by atoms with E-state index in [1.54, 1.807) is 30.3 Å². The molecule has 0 fully saturated rings. The molecule has 0 aliphatic carbocycles. The number of rotatable bonds is 6. The van der Waals surface area contributed by atoms with Crippen LogP contribution in [-0.4, -0.2) is 42.0 Å². The monoisotopic (exact) mass is 472 g/mol. The van der Waals surface area contributed by atoms with Crippen LogP contribution in [-0.2, 0) is 16.1 Å². The summed E-state index contributed by atoms with van der Waals surface area (Å²) in [5, 5.41) is 2.68. The molecule has 176 valence electrons. The Balaban J connectivity index is 1.24. The zero-order valence-electron chi connectivity index (χ0n) is 18.7. The maximum atomic E-state index is 13.0. The minimum Gasteiger partial charge on any atom is -0.454 e. The molecule has 2 aliphatic heterocycles. The van der Waals surface area contributed by atoms with Gasteiger partial charge in [-0.2, -0.15) is 0 Å². The number of carbonyl (C=O) groups excluding carboxylic acids is 4. The van der Waals surface area contributed by atoms with Crippen molar-refractivity contribution in [1.29, 1.82) is 0 Å². The molecule has 0 aromatic heterocycles. The predicted octanol–water partition coefficient (Wildman–Crippen LogP) is 3.32. The molecule has 3 aromatic carbocycles. The summed E-state index contributed by atoms with van der Waals surface area (Å²) >= 11 is 0. The zero-order chi connectivity index (χ0) is 24.5. The Morgan fingerprint density at radius 3 is 2.54 bits per heavy atom. The van der Waals surface area contributed by atoms with E-state index in [9.17, 15) is 19.2 Å². The van der Waals surface area contributed by atoms with Gasteiger partial charge in [-0.15, -0.1) is 0 Å². The number of hydrogen-bond donors (Lipinski definition) is 1. The van der Waals surface area contributed by atoms with Gasteiger partial charge in [0.1, 0.15) is 0 Å². The Hall–Kier alpha value is -4.66. The van der Waals surface area contributed by atoms with Gasteiger partial charge < -0.3 is 19.5 Å². The van der Waals surface area contributed by atoms with Crippen molar-refractivity contribution >= 4 is 29.4 Å². The van der Waals surface area contributed by atoms with Crippen LogP contribution < -0.4 is 14.8 Å². The minimum absolute atomic E-state index is 0.0435. The SMILES string of the molecule is Cc1ccccc1NC(=O)COC(=O)c1ccc2c(c1)C(=O)N(Cc1ccc3c(c1)OCO3)C2=O. The van der Waals surface area contributed by atoms with Gasteiger partial charge in [0.15, 0.2) is 18.1 Å². The first-order valence-corrected chi connectivity index (χ1v) is 10.8. The van der Waals surface area contributed by atoms with Crippen molar-refractivity contribution in [3.05, 3.63) is 88.5 Å². The Bertz CT molecular complexity index is 1380. The number of fused-ring (bicyclic) bond motifs is 2. The van der Waals surface area contributed by atoms with Crippen LogP contribution in [0.4, 0.5) is 5.69 Å². The minimum atomic E-state index is -0.776. The number of ether oxygens (including phenoxy) is 3. The highest BCUT2D eigenvalue weighted by Gasteiger charge is 2.36. The van der Waals surface area contributed by atoms with Gasteiger partial charge in [0.25, 0.3) is 17.7 Å². The number of aryl methyl sites for hydroxylation is 1. The van der Waals surface area contributed by atoms with Crippen LogP contribution in [0, 0.1) is 6.92 Å². The molecule has 35 heavy (non-hydrogen) atoms. The number of nitrogens with zero attached hydrogens (tertiary/aromatic N) is 1. The molecule has 0 unspecified atom stereocenters. The number of carbonyl (C=O) groups is 4. The van der Waals surface area contributed by atoms with Crippen LogP contribution in [0.15, 0.2) is 60.7 Å². The van der Waals surface area contributed by atoms with E-state index in [4.69, 9.17) is 14.2 Å². The smallest absolute Gasteiger partial charge is 0.338 e. The van der Waals surface area contributed by atoms with Crippen molar-refractivity contribution < 1.29 is 33.4 Å². The number of imide groups is 1. The fraction of sp³-hybridized carbons (Fsp3) is 0.154. The second kappa shape index (κ2) is 8.94. The molecule has 0 spiro atoms. The number of nitrogens with one attached hydrogen (secondary N) is 1. The first kappa shape index (κ1) is 22.1. The second-order valence-electron chi connectivity index (χ2n) is 8.08. The summed E-state index contributed by atoms with van der Waals surface area (Å²) in [5.41, 5.74) is 2.57. The second-order valence-corrected chi connectivity index (χ2v) is 8.08. The topological polar surface area (TPSA) is 111 Å². The van der Waals surface area contributed by atoms with Crippen molar-refractivity contribution in [3.63, 3.8) is 0 Å². The highest BCUT2D eigenvalue weighted by Crippen LogP contribution is 2.34. The molecule has 0 saturated heterocycles. The molecule has 0 bridgehead atoms. The fourth-order valence-corrected chi connectivity index (χ4v) is 3.90. The van der Waals surface area contributed by atoms with Crippen LogP contribution in [0.3, 0.4) is 0 Å². The van der Waals surface area contributed by atoms with Crippen LogP contribution in [0.1, 0.15) is 42.2 Å². The van der Waals surface area contributed by atoms with Crippen molar-refractivity contribution in [2.75, 3.05) is 18.7 Å². The van der Waals surface area contributed by atoms with Crippen molar-refractivity contribution in [3.8, 4) is 11.5 Å². The molecule has 0 atom stereocenters. The van der Waals surface area contributed by atoms with Crippen molar-refractivity contribution in [1.82, 2.24) is 4.90 Å². The van der Waals surface area contributed by atoms with Gasteiger partial charge in [-0.1, -0.05) is 24.3 Å². The van der Waals surface area contributed by atoms with Gasteiger partial charge in [0.2, 0.25) is 6.79 Å². The predicted molar refractivity (Wildman–Crippen MR) is 123 cm³/mol. The van der Waals surface area contributed by atoms with E-state index in [2.05, 4.69) is 5.32 Å². The average molecular weight is 472 g/mol. The largest absolute Gasteiger partial charge is 0.454 e. The maximum absolute atomic E-state index is 13.0. The summed E-state index contributed by atoms with van der Waals surface area (Å²) < 4.78 is 15.7. The van der Waals surface area contributed by atoms with Gasteiger partial charge in [-0.3, -0.25) is 19.3 Å². The van der Waals surface area contributed by atoms with E-state index in [1.807, 2.05) is 19.1 Å². The molecule has 0 saturated carbocycles. The zero-order valence-corrected chi connectivity index (χ0v) is 18.7. The highest BCUT2D eigenvalue weighted by atomic mass is 16.7. The number of benzene rings is 3. The lowest BCUT2D eigenvalue weighted by Gasteiger charge is -2.14. The number of para-hydroxylation sites is 1. The maximum Gasteiger partial charge on any atom is 0.338 e. The summed E-state index contributed by atoms with van der Waals surface area (Å²) in [6.07, 6.45) is 0. The van der Waals surface area contributed by atoms with E-state index in [1.165, 1.54) is 18.2 Å². The quantitative estimate of drug-likeness (QED) is 0.433. The van der Waals surface area contributed by atoms with E-state index in [0.717, 1.165) is 10.5 Å². The number of amides is 3. The molecule has 5 rings (SSSR count). The van der Waals surface area contributed by atoms with Crippen LogP contribution in [0.25, 0.3) is 0 Å².